The first-order valence-electron chi connectivity index (χ1n) is 13.4. The van der Waals surface area contributed by atoms with Gasteiger partial charge in [-0.05, 0) is 35.1 Å². The van der Waals surface area contributed by atoms with Gasteiger partial charge >= 0.3 is 5.97 Å². The number of nitrogens with two attached hydrogens (primary N) is 1. The molecule has 3 aliphatic heterocycles. The van der Waals surface area contributed by atoms with Crippen molar-refractivity contribution in [2.24, 2.45) is 11.1 Å². The van der Waals surface area contributed by atoms with E-state index in [0.29, 0.717) is 17.9 Å². The highest BCUT2D eigenvalue weighted by Gasteiger charge is 2.61. The number of benzene rings is 2. The zero-order valence-electron chi connectivity index (χ0n) is 23.0. The quantitative estimate of drug-likeness (QED) is 0.312. The molecule has 1 amide bonds. The lowest BCUT2D eigenvalue weighted by Crippen LogP contribution is -2.46. The number of amides is 1. The van der Waals surface area contributed by atoms with E-state index >= 15 is 0 Å². The highest BCUT2D eigenvalue weighted by Crippen LogP contribution is 2.59. The SMILES string of the molecule is COC(=O)c1coc(-c2nc3oc2[C@@]24c5ccccc5N[C@@H]2Oc2ccc(cc24)C[C@H](N)C(=O)N[C@H]3C(C)(C)C)n1. The van der Waals surface area contributed by atoms with Crippen molar-refractivity contribution >= 4 is 17.6 Å². The van der Waals surface area contributed by atoms with E-state index in [0.717, 1.165) is 22.4 Å². The first-order chi connectivity index (χ1) is 19.6. The molecule has 1 spiro atoms. The van der Waals surface area contributed by atoms with Crippen molar-refractivity contribution in [3.8, 4) is 17.3 Å². The van der Waals surface area contributed by atoms with E-state index in [2.05, 4.69) is 15.6 Å². The van der Waals surface area contributed by atoms with Gasteiger partial charge in [0.25, 0.3) is 0 Å². The number of hydrogen-bond acceptors (Lipinski definition) is 10. The van der Waals surface area contributed by atoms with Gasteiger partial charge in [0.2, 0.25) is 17.7 Å². The predicted octanol–water partition coefficient (Wildman–Crippen LogP) is 3.68. The van der Waals surface area contributed by atoms with Gasteiger partial charge in [-0.3, -0.25) is 4.79 Å². The van der Waals surface area contributed by atoms with Crippen LogP contribution in [0.5, 0.6) is 5.75 Å². The summed E-state index contributed by atoms with van der Waals surface area (Å²) in [5.74, 6) is 0.431. The minimum atomic E-state index is -1.00. The maximum absolute atomic E-state index is 13.3. The minimum absolute atomic E-state index is 0.00748. The van der Waals surface area contributed by atoms with E-state index in [1.807, 2.05) is 63.2 Å². The fraction of sp³-hybridized carbons (Fsp3) is 0.333. The molecule has 5 heterocycles. The molecule has 0 aliphatic carbocycles. The van der Waals surface area contributed by atoms with Crippen molar-refractivity contribution in [1.29, 1.82) is 0 Å². The molecule has 4 aromatic rings. The molecule has 2 aromatic carbocycles. The Hall–Kier alpha value is -4.64. The van der Waals surface area contributed by atoms with Crippen LogP contribution in [0.4, 0.5) is 5.69 Å². The minimum Gasteiger partial charge on any atom is -0.469 e. The Morgan fingerprint density at radius 3 is 2.71 bits per heavy atom. The molecular formula is C30H29N5O6. The fourth-order valence-corrected chi connectivity index (χ4v) is 6.05. The van der Waals surface area contributed by atoms with Crippen LogP contribution < -0.4 is 21.1 Å². The predicted molar refractivity (Wildman–Crippen MR) is 146 cm³/mol. The lowest BCUT2D eigenvalue weighted by Gasteiger charge is -2.31. The van der Waals surface area contributed by atoms with Crippen LogP contribution in [-0.4, -0.2) is 41.2 Å². The van der Waals surface area contributed by atoms with E-state index in [1.54, 1.807) is 0 Å². The molecule has 0 unspecified atom stereocenters. The Labute approximate surface area is 235 Å². The maximum Gasteiger partial charge on any atom is 0.360 e. The molecule has 4 N–H and O–H groups in total. The summed E-state index contributed by atoms with van der Waals surface area (Å²) >= 11 is 0. The molecule has 0 radical (unpaired) electrons. The van der Waals surface area contributed by atoms with Crippen molar-refractivity contribution in [2.45, 2.75) is 50.9 Å². The summed E-state index contributed by atoms with van der Waals surface area (Å²) < 4.78 is 23.9. The Kier molecular flexibility index (Phi) is 5.36. The van der Waals surface area contributed by atoms with Gasteiger partial charge in [-0.15, -0.1) is 0 Å². The number of esters is 1. The number of carbonyl (C=O) groups excluding carboxylic acids is 2. The van der Waals surface area contributed by atoms with Crippen LogP contribution in [0.15, 0.2) is 57.6 Å². The smallest absolute Gasteiger partial charge is 0.360 e. The Morgan fingerprint density at radius 1 is 1.12 bits per heavy atom. The fourth-order valence-electron chi connectivity index (χ4n) is 6.05. The molecule has 210 valence electrons. The first kappa shape index (κ1) is 25.3. The zero-order chi connectivity index (χ0) is 28.7. The van der Waals surface area contributed by atoms with Gasteiger partial charge in [0.1, 0.15) is 23.5 Å². The third-order valence-electron chi connectivity index (χ3n) is 8.04. The van der Waals surface area contributed by atoms with E-state index in [1.165, 1.54) is 13.4 Å². The summed E-state index contributed by atoms with van der Waals surface area (Å²) in [6.07, 6.45) is 0.967. The molecule has 7 rings (SSSR count). The highest BCUT2D eigenvalue weighted by atomic mass is 16.5. The summed E-state index contributed by atoms with van der Waals surface area (Å²) in [5, 5.41) is 6.58. The van der Waals surface area contributed by atoms with Crippen LogP contribution in [0.3, 0.4) is 0 Å². The topological polar surface area (TPSA) is 155 Å². The first-order valence-corrected chi connectivity index (χ1v) is 13.4. The molecule has 2 aromatic heterocycles. The number of methoxy groups -OCH3 is 1. The van der Waals surface area contributed by atoms with Crippen molar-refractivity contribution < 1.29 is 27.9 Å². The Balaban J connectivity index is 1.57. The van der Waals surface area contributed by atoms with E-state index in [-0.39, 0.29) is 29.1 Å². The summed E-state index contributed by atoms with van der Waals surface area (Å²) in [6, 6.07) is 12.3. The largest absolute Gasteiger partial charge is 0.469 e. The third kappa shape index (κ3) is 3.61. The molecule has 0 saturated carbocycles. The third-order valence-corrected chi connectivity index (χ3v) is 8.04. The Morgan fingerprint density at radius 2 is 1.93 bits per heavy atom. The number of oxazole rings is 2. The van der Waals surface area contributed by atoms with Crippen LogP contribution >= 0.6 is 0 Å². The number of ether oxygens (including phenoxy) is 2. The van der Waals surface area contributed by atoms with Crippen LogP contribution in [0.1, 0.15) is 65.6 Å². The van der Waals surface area contributed by atoms with E-state index in [9.17, 15) is 9.59 Å². The van der Waals surface area contributed by atoms with Crippen LogP contribution in [0.2, 0.25) is 0 Å². The number of aromatic nitrogens is 2. The second kappa shape index (κ2) is 8.68. The van der Waals surface area contributed by atoms with E-state index < -0.39 is 35.1 Å². The Bertz CT molecular complexity index is 1720. The number of nitrogens with one attached hydrogen (secondary N) is 2. The summed E-state index contributed by atoms with van der Waals surface area (Å²) in [5.41, 5.74) is 8.69. The number of anilines is 1. The van der Waals surface area contributed by atoms with E-state index in [4.69, 9.17) is 29.0 Å². The van der Waals surface area contributed by atoms with Crippen LogP contribution in [0.25, 0.3) is 11.6 Å². The highest BCUT2D eigenvalue weighted by molar-refractivity contribution is 5.87. The average Bonchev–Trinajstić information content (AvgIpc) is 3.70. The molecule has 4 atom stereocenters. The molecule has 3 aliphatic rings. The van der Waals surface area contributed by atoms with Gasteiger partial charge in [0, 0.05) is 11.3 Å². The summed E-state index contributed by atoms with van der Waals surface area (Å²) in [4.78, 5) is 34.9. The molecule has 0 fully saturated rings. The standard InChI is InChI=1S/C30H29N5O6/c1-29(2,3)22-26-34-21(25-32-19(13-39-25)27(37)38-4)23(41-26)30-15-7-5-6-8-18(15)33-28(30)40-20-10-9-14(11-16(20)30)12-17(31)24(36)35-22/h5-11,13,17,22,28,33H,12,31H2,1-4H3,(H,35,36)/t17-,22+,28+,30-/m0/s1. The molecule has 4 bridgehead atoms. The molecule has 11 heteroatoms. The molecular weight excluding hydrogens is 526 g/mol. The average molecular weight is 556 g/mol. The zero-order valence-corrected chi connectivity index (χ0v) is 23.0. The van der Waals surface area contributed by atoms with Crippen molar-refractivity contribution in [2.75, 3.05) is 12.4 Å². The van der Waals surface area contributed by atoms with Crippen LogP contribution in [0, 0.1) is 5.41 Å². The lowest BCUT2D eigenvalue weighted by molar-refractivity contribution is -0.124. The van der Waals surface area contributed by atoms with Gasteiger partial charge < -0.3 is 34.7 Å². The van der Waals surface area contributed by atoms with Crippen molar-refractivity contribution in [3.63, 3.8) is 0 Å². The number of rotatable bonds is 2. The van der Waals surface area contributed by atoms with Crippen LogP contribution in [-0.2, 0) is 21.4 Å². The number of carbonyl (C=O) groups is 2. The summed E-state index contributed by atoms with van der Waals surface area (Å²) in [6.45, 7) is 5.94. The summed E-state index contributed by atoms with van der Waals surface area (Å²) in [7, 11) is 1.27. The van der Waals surface area contributed by atoms with Gasteiger partial charge in [-0.2, -0.15) is 0 Å². The normalized spacial score (nSPS) is 24.2. The molecule has 11 nitrogen and oxygen atoms in total. The van der Waals surface area contributed by atoms with Gasteiger partial charge in [-0.1, -0.05) is 51.1 Å². The molecule has 41 heavy (non-hydrogen) atoms. The van der Waals surface area contributed by atoms with Gasteiger partial charge in [-0.25, -0.2) is 14.8 Å². The monoisotopic (exact) mass is 555 g/mol. The number of nitrogens with zero attached hydrogens (tertiary/aromatic N) is 2. The van der Waals surface area contributed by atoms with Gasteiger partial charge in [0.05, 0.1) is 13.2 Å². The second-order valence-corrected chi connectivity index (χ2v) is 11.7. The lowest BCUT2D eigenvalue weighted by atomic mass is 9.72. The molecule has 0 saturated heterocycles. The number of fused-ring (bicyclic) bond motifs is 4. The maximum atomic E-state index is 13.3. The number of hydrogen-bond donors (Lipinski definition) is 3. The van der Waals surface area contributed by atoms with Crippen molar-refractivity contribution in [1.82, 2.24) is 15.3 Å². The van der Waals surface area contributed by atoms with Crippen molar-refractivity contribution in [3.05, 3.63) is 82.8 Å². The van der Waals surface area contributed by atoms with Gasteiger partial charge in [0.15, 0.2) is 23.4 Å². The number of para-hydroxylation sites is 1. The second-order valence-electron chi connectivity index (χ2n) is 11.7.